The zero-order chi connectivity index (χ0) is 18.2. The molecule has 0 bridgehead atoms. The third-order valence-corrected chi connectivity index (χ3v) is 7.57. The summed E-state index contributed by atoms with van der Waals surface area (Å²) in [4.78, 5) is 0. The molecular formula is C14H16N2Na2O6S2. The van der Waals surface area contributed by atoms with E-state index in [-0.39, 0.29) is 59.1 Å². The molecule has 1 atom stereocenters. The predicted octanol–water partition coefficient (Wildman–Crippen LogP) is -6.32. The van der Waals surface area contributed by atoms with Crippen LogP contribution in [0.15, 0.2) is 48.6 Å². The molecule has 2 rings (SSSR count). The maximum atomic E-state index is 11.8. The summed E-state index contributed by atoms with van der Waals surface area (Å²) in [7, 11) is -11.2. The van der Waals surface area contributed by atoms with E-state index in [1.54, 1.807) is 30.3 Å². The summed E-state index contributed by atoms with van der Waals surface area (Å²) in [6.07, 6.45) is 3.81. The molecule has 0 aromatic heterocycles. The standard InChI is InChI=1S/C14H18N2O6S2.2Na/c15-13(16)9-8-12(7-6-11-4-2-1-3-5-11)14(10-13,23(17,18)19)24(20,21)22;;/h1-9,12H,10,15-16H2,(H,17,18,19)(H,20,21,22);;/q;2*+1/p-2. The summed E-state index contributed by atoms with van der Waals surface area (Å²) in [6.45, 7) is 0. The Kier molecular flexibility index (Phi) is 9.45. The molecule has 12 heteroatoms. The summed E-state index contributed by atoms with van der Waals surface area (Å²) in [5, 5.41) is 0. The van der Waals surface area contributed by atoms with Crippen LogP contribution in [0.2, 0.25) is 0 Å². The maximum absolute atomic E-state index is 11.8. The Morgan fingerprint density at radius 1 is 1.00 bits per heavy atom. The van der Waals surface area contributed by atoms with Crippen LogP contribution < -0.4 is 70.6 Å². The number of hydrogen-bond acceptors (Lipinski definition) is 8. The number of benzene rings is 1. The van der Waals surface area contributed by atoms with Gasteiger partial charge in [-0.15, -0.1) is 0 Å². The molecule has 1 unspecified atom stereocenters. The zero-order valence-corrected chi connectivity index (χ0v) is 20.0. The van der Waals surface area contributed by atoms with Crippen LogP contribution in [-0.2, 0) is 20.2 Å². The summed E-state index contributed by atoms with van der Waals surface area (Å²) in [5.74, 6) is -1.51. The van der Waals surface area contributed by atoms with Crippen molar-refractivity contribution >= 4 is 26.3 Å². The van der Waals surface area contributed by atoms with Crippen molar-refractivity contribution in [1.29, 1.82) is 0 Å². The van der Waals surface area contributed by atoms with Crippen LogP contribution in [0.4, 0.5) is 0 Å². The van der Waals surface area contributed by atoms with Gasteiger partial charge in [0.25, 0.3) is 0 Å². The fourth-order valence-corrected chi connectivity index (χ4v) is 5.49. The van der Waals surface area contributed by atoms with Crippen molar-refractivity contribution < 1.29 is 85.1 Å². The van der Waals surface area contributed by atoms with Gasteiger partial charge in [-0.3, -0.25) is 0 Å². The number of allylic oxidation sites excluding steroid dienone is 2. The van der Waals surface area contributed by atoms with Crippen molar-refractivity contribution in [2.75, 3.05) is 0 Å². The van der Waals surface area contributed by atoms with Gasteiger partial charge in [-0.05, 0) is 5.56 Å². The molecule has 132 valence electrons. The molecule has 0 aliphatic heterocycles. The average molecular weight is 418 g/mol. The molecule has 0 radical (unpaired) electrons. The van der Waals surface area contributed by atoms with Crippen LogP contribution in [-0.4, -0.2) is 35.7 Å². The zero-order valence-electron chi connectivity index (χ0n) is 14.4. The summed E-state index contributed by atoms with van der Waals surface area (Å²) >= 11 is 0. The van der Waals surface area contributed by atoms with Gasteiger partial charge in [-0.2, -0.15) is 0 Å². The van der Waals surface area contributed by atoms with Gasteiger partial charge < -0.3 is 20.6 Å². The largest absolute Gasteiger partial charge is 1.00 e. The van der Waals surface area contributed by atoms with Crippen LogP contribution in [0.5, 0.6) is 0 Å². The van der Waals surface area contributed by atoms with Crippen molar-refractivity contribution in [3.63, 3.8) is 0 Å². The van der Waals surface area contributed by atoms with Crippen molar-refractivity contribution in [2.45, 2.75) is 16.2 Å². The summed E-state index contributed by atoms with van der Waals surface area (Å²) in [6, 6.07) is 8.53. The Bertz CT molecular complexity index is 851. The van der Waals surface area contributed by atoms with Crippen molar-refractivity contribution in [2.24, 2.45) is 17.4 Å². The van der Waals surface area contributed by atoms with Crippen LogP contribution in [0.3, 0.4) is 0 Å². The van der Waals surface area contributed by atoms with Crippen LogP contribution in [0.25, 0.3) is 6.08 Å². The molecule has 0 amide bonds. The van der Waals surface area contributed by atoms with Crippen molar-refractivity contribution in [3.05, 3.63) is 54.1 Å². The number of hydrogen-bond donors (Lipinski definition) is 2. The minimum Gasteiger partial charge on any atom is -0.747 e. The van der Waals surface area contributed by atoms with E-state index < -0.39 is 42.3 Å². The Hall–Kier alpha value is 0.440. The van der Waals surface area contributed by atoms with Gasteiger partial charge in [0, 0.05) is 12.3 Å². The second-order valence-electron chi connectivity index (χ2n) is 5.66. The molecule has 0 spiro atoms. The third kappa shape index (κ3) is 5.49. The fraction of sp³-hybridized carbons (Fsp3) is 0.286. The average Bonchev–Trinajstić information content (AvgIpc) is 2.44. The minimum absolute atomic E-state index is 0. The van der Waals surface area contributed by atoms with Gasteiger partial charge in [0.05, 0.1) is 5.66 Å². The smallest absolute Gasteiger partial charge is 0.747 e. The molecule has 26 heavy (non-hydrogen) atoms. The Morgan fingerprint density at radius 3 is 1.96 bits per heavy atom. The Labute approximate surface area is 197 Å². The molecular weight excluding hydrogens is 402 g/mol. The van der Waals surface area contributed by atoms with E-state index >= 15 is 0 Å². The van der Waals surface area contributed by atoms with E-state index in [1.165, 1.54) is 18.2 Å². The monoisotopic (exact) mass is 418 g/mol. The van der Waals surface area contributed by atoms with E-state index in [2.05, 4.69) is 0 Å². The first-order valence-corrected chi connectivity index (χ1v) is 9.62. The van der Waals surface area contributed by atoms with E-state index in [9.17, 15) is 25.9 Å². The quantitative estimate of drug-likeness (QED) is 0.211. The second kappa shape index (κ2) is 9.29. The topological polar surface area (TPSA) is 166 Å². The molecule has 0 saturated carbocycles. The normalized spacial score (nSPS) is 21.6. The van der Waals surface area contributed by atoms with Crippen LogP contribution in [0, 0.1) is 5.92 Å². The van der Waals surface area contributed by atoms with Gasteiger partial charge in [-0.25, -0.2) is 16.8 Å². The first-order chi connectivity index (χ1) is 10.9. The van der Waals surface area contributed by atoms with Crippen LogP contribution >= 0.6 is 0 Å². The maximum Gasteiger partial charge on any atom is 1.00 e. The van der Waals surface area contributed by atoms with E-state index in [1.807, 2.05) is 0 Å². The van der Waals surface area contributed by atoms with Gasteiger partial charge in [0.15, 0.2) is 4.08 Å². The first-order valence-electron chi connectivity index (χ1n) is 6.80. The van der Waals surface area contributed by atoms with E-state index in [4.69, 9.17) is 11.5 Å². The van der Waals surface area contributed by atoms with Gasteiger partial charge in [0.2, 0.25) is 0 Å². The Balaban J connectivity index is 0.00000312. The molecule has 1 aliphatic rings. The SMILES string of the molecule is NC1(N)C=CC(C=Cc2ccccc2)C(S(=O)(=O)[O-])(S(=O)(=O)[O-])C1.[Na+].[Na+]. The van der Waals surface area contributed by atoms with Gasteiger partial charge >= 0.3 is 59.1 Å². The molecule has 0 fully saturated rings. The summed E-state index contributed by atoms with van der Waals surface area (Å²) < 4.78 is 67.3. The van der Waals surface area contributed by atoms with Gasteiger partial charge in [0.1, 0.15) is 20.2 Å². The number of rotatable bonds is 4. The molecule has 4 N–H and O–H groups in total. The molecule has 1 aliphatic carbocycles. The minimum atomic E-state index is -5.58. The van der Waals surface area contributed by atoms with E-state index in [0.717, 1.165) is 6.08 Å². The Morgan fingerprint density at radius 2 is 1.50 bits per heavy atom. The molecule has 1 aromatic carbocycles. The third-order valence-electron chi connectivity index (χ3n) is 3.82. The predicted molar refractivity (Wildman–Crippen MR) is 86.0 cm³/mol. The van der Waals surface area contributed by atoms with Gasteiger partial charge in [-0.1, -0.05) is 54.6 Å². The molecule has 0 heterocycles. The van der Waals surface area contributed by atoms with E-state index in [0.29, 0.717) is 5.56 Å². The first kappa shape index (κ1) is 26.4. The van der Waals surface area contributed by atoms with Crippen molar-refractivity contribution in [1.82, 2.24) is 0 Å². The fourth-order valence-electron chi connectivity index (χ4n) is 2.66. The molecule has 0 saturated heterocycles. The van der Waals surface area contributed by atoms with Crippen molar-refractivity contribution in [3.8, 4) is 0 Å². The second-order valence-corrected chi connectivity index (χ2v) is 9.20. The van der Waals surface area contributed by atoms with Crippen LogP contribution in [0.1, 0.15) is 12.0 Å². The molecule has 1 aromatic rings. The number of nitrogens with two attached hydrogens (primary N) is 2. The molecule has 8 nitrogen and oxygen atoms in total. The summed E-state index contributed by atoms with van der Waals surface area (Å²) in [5.41, 5.74) is 9.87.